The van der Waals surface area contributed by atoms with E-state index in [1.807, 2.05) is 0 Å². The van der Waals surface area contributed by atoms with Crippen LogP contribution in [-0.4, -0.2) is 68.2 Å². The molecule has 9 heteroatoms. The van der Waals surface area contributed by atoms with Gasteiger partial charge in [-0.3, -0.25) is 4.79 Å². The summed E-state index contributed by atoms with van der Waals surface area (Å²) in [4.78, 5) is 12.1. The SMILES string of the molecule is Cl.O=C(NCC1CCCN(S(=O)(=O)N2CCCCC2)C1)C1CCCN1. The predicted molar refractivity (Wildman–Crippen MR) is 99.9 cm³/mol. The van der Waals surface area contributed by atoms with Gasteiger partial charge in [-0.15, -0.1) is 12.4 Å². The van der Waals surface area contributed by atoms with Gasteiger partial charge in [-0.05, 0) is 51.0 Å². The van der Waals surface area contributed by atoms with Crippen molar-refractivity contribution in [2.75, 3.05) is 39.3 Å². The van der Waals surface area contributed by atoms with Gasteiger partial charge in [0.25, 0.3) is 10.2 Å². The van der Waals surface area contributed by atoms with Crippen molar-refractivity contribution in [1.82, 2.24) is 19.2 Å². The van der Waals surface area contributed by atoms with E-state index in [4.69, 9.17) is 0 Å². The standard InChI is InChI=1S/C16H30N4O3S.ClH/c21-16(15-7-4-8-17-15)18-12-14-6-5-11-20(13-14)24(22,23)19-9-2-1-3-10-19;/h14-15,17H,1-13H2,(H,18,21);1H. The summed E-state index contributed by atoms with van der Waals surface area (Å²) >= 11 is 0. The molecule has 0 bridgehead atoms. The number of amides is 1. The smallest absolute Gasteiger partial charge is 0.281 e. The lowest BCUT2D eigenvalue weighted by Crippen LogP contribution is -2.51. The summed E-state index contributed by atoms with van der Waals surface area (Å²) in [6.45, 7) is 3.90. The fourth-order valence-electron chi connectivity index (χ4n) is 3.94. The van der Waals surface area contributed by atoms with Crippen molar-refractivity contribution in [2.24, 2.45) is 5.92 Å². The lowest BCUT2D eigenvalue weighted by molar-refractivity contribution is -0.123. The molecule has 0 aromatic carbocycles. The highest BCUT2D eigenvalue weighted by molar-refractivity contribution is 7.86. The first-order valence-corrected chi connectivity index (χ1v) is 10.7. The maximum absolute atomic E-state index is 12.8. The number of halogens is 1. The Bertz CT molecular complexity index is 533. The van der Waals surface area contributed by atoms with E-state index >= 15 is 0 Å². The molecule has 0 aliphatic carbocycles. The number of carbonyl (C=O) groups excluding carboxylic acids is 1. The molecule has 7 nitrogen and oxygen atoms in total. The van der Waals surface area contributed by atoms with Crippen molar-refractivity contribution < 1.29 is 13.2 Å². The zero-order valence-electron chi connectivity index (χ0n) is 14.8. The first-order chi connectivity index (χ1) is 11.6. The largest absolute Gasteiger partial charge is 0.354 e. The summed E-state index contributed by atoms with van der Waals surface area (Å²) in [5.74, 6) is 0.271. The van der Waals surface area contributed by atoms with Crippen molar-refractivity contribution in [1.29, 1.82) is 0 Å². The van der Waals surface area contributed by atoms with Gasteiger partial charge in [-0.2, -0.15) is 17.0 Å². The molecule has 25 heavy (non-hydrogen) atoms. The van der Waals surface area contributed by atoms with Crippen LogP contribution in [0.5, 0.6) is 0 Å². The zero-order chi connectivity index (χ0) is 17.0. The third kappa shape index (κ3) is 5.29. The van der Waals surface area contributed by atoms with Crippen molar-refractivity contribution in [3.63, 3.8) is 0 Å². The molecule has 3 aliphatic heterocycles. The Morgan fingerprint density at radius 3 is 2.40 bits per heavy atom. The normalized spacial score (nSPS) is 29.1. The van der Waals surface area contributed by atoms with Gasteiger partial charge in [0.2, 0.25) is 5.91 Å². The fraction of sp³-hybridized carbons (Fsp3) is 0.938. The Labute approximate surface area is 157 Å². The molecular formula is C16H31ClN4O3S. The quantitative estimate of drug-likeness (QED) is 0.719. The molecule has 0 aromatic heterocycles. The van der Waals surface area contributed by atoms with Crippen LogP contribution in [0.4, 0.5) is 0 Å². The van der Waals surface area contributed by atoms with Crippen LogP contribution >= 0.6 is 12.4 Å². The second-order valence-corrected chi connectivity index (χ2v) is 9.16. The second-order valence-electron chi connectivity index (χ2n) is 7.23. The van der Waals surface area contributed by atoms with Crippen LogP contribution in [0.3, 0.4) is 0 Å². The number of nitrogens with one attached hydrogen (secondary N) is 2. The van der Waals surface area contributed by atoms with Crippen molar-refractivity contribution in [3.8, 4) is 0 Å². The molecule has 2 N–H and O–H groups in total. The lowest BCUT2D eigenvalue weighted by atomic mass is 9.99. The molecule has 1 amide bonds. The Hall–Kier alpha value is -0.410. The molecule has 0 radical (unpaired) electrons. The minimum Gasteiger partial charge on any atom is -0.354 e. The van der Waals surface area contributed by atoms with E-state index < -0.39 is 10.2 Å². The number of hydrogen-bond donors (Lipinski definition) is 2. The van der Waals surface area contributed by atoms with Gasteiger partial charge in [0.15, 0.2) is 0 Å². The zero-order valence-corrected chi connectivity index (χ0v) is 16.4. The van der Waals surface area contributed by atoms with Crippen molar-refractivity contribution in [2.45, 2.75) is 51.0 Å². The Morgan fingerprint density at radius 1 is 1.00 bits per heavy atom. The summed E-state index contributed by atoms with van der Waals surface area (Å²) in [5, 5.41) is 6.20. The molecule has 3 aliphatic rings. The average Bonchev–Trinajstić information content (AvgIpc) is 3.15. The lowest BCUT2D eigenvalue weighted by Gasteiger charge is -2.36. The third-order valence-corrected chi connectivity index (χ3v) is 7.39. The first-order valence-electron chi connectivity index (χ1n) is 9.33. The highest BCUT2D eigenvalue weighted by atomic mass is 35.5. The van der Waals surface area contributed by atoms with Crippen molar-refractivity contribution >= 4 is 28.5 Å². The number of rotatable bonds is 5. The van der Waals surface area contributed by atoms with Gasteiger partial charge in [-0.1, -0.05) is 6.42 Å². The molecule has 0 aromatic rings. The van der Waals surface area contributed by atoms with Gasteiger partial charge in [-0.25, -0.2) is 0 Å². The summed E-state index contributed by atoms with van der Waals surface area (Å²) in [7, 11) is -3.33. The Balaban J connectivity index is 0.00000225. The van der Waals surface area contributed by atoms with Gasteiger partial charge in [0, 0.05) is 32.7 Å². The van der Waals surface area contributed by atoms with E-state index in [9.17, 15) is 13.2 Å². The number of piperidine rings is 2. The van der Waals surface area contributed by atoms with Gasteiger partial charge in [0.05, 0.1) is 6.04 Å². The monoisotopic (exact) mass is 394 g/mol. The maximum Gasteiger partial charge on any atom is 0.281 e. The minimum atomic E-state index is -3.33. The average molecular weight is 395 g/mol. The Kier molecular flexibility index (Phi) is 7.94. The van der Waals surface area contributed by atoms with Gasteiger partial charge < -0.3 is 10.6 Å². The number of nitrogens with zero attached hydrogens (tertiary/aromatic N) is 2. The Morgan fingerprint density at radius 2 is 1.72 bits per heavy atom. The fourth-order valence-corrected chi connectivity index (χ4v) is 5.74. The van der Waals surface area contributed by atoms with Crippen LogP contribution in [-0.2, 0) is 15.0 Å². The number of hydrogen-bond acceptors (Lipinski definition) is 4. The molecule has 3 fully saturated rings. The highest BCUT2D eigenvalue weighted by Gasteiger charge is 2.34. The molecule has 3 heterocycles. The van der Waals surface area contributed by atoms with Crippen LogP contribution in [0.2, 0.25) is 0 Å². The molecule has 0 saturated carbocycles. The van der Waals surface area contributed by atoms with Crippen LogP contribution in [0.1, 0.15) is 44.9 Å². The maximum atomic E-state index is 12.8. The minimum absolute atomic E-state index is 0. The van der Waals surface area contributed by atoms with E-state index in [0.29, 0.717) is 32.7 Å². The molecule has 2 unspecified atom stereocenters. The van der Waals surface area contributed by atoms with E-state index in [1.165, 1.54) is 0 Å². The van der Waals surface area contributed by atoms with Crippen LogP contribution in [0.25, 0.3) is 0 Å². The molecule has 146 valence electrons. The summed E-state index contributed by atoms with van der Waals surface area (Å²) in [6, 6.07) is -0.0678. The van der Waals surface area contributed by atoms with E-state index in [0.717, 1.165) is 51.5 Å². The van der Waals surface area contributed by atoms with Crippen LogP contribution < -0.4 is 10.6 Å². The van der Waals surface area contributed by atoms with Crippen LogP contribution in [0, 0.1) is 5.92 Å². The van der Waals surface area contributed by atoms with E-state index in [-0.39, 0.29) is 30.3 Å². The van der Waals surface area contributed by atoms with Gasteiger partial charge >= 0.3 is 0 Å². The van der Waals surface area contributed by atoms with Crippen molar-refractivity contribution in [3.05, 3.63) is 0 Å². The third-order valence-electron chi connectivity index (χ3n) is 5.39. The molecule has 3 rings (SSSR count). The van der Waals surface area contributed by atoms with E-state index in [1.54, 1.807) is 8.61 Å². The van der Waals surface area contributed by atoms with Crippen LogP contribution in [0.15, 0.2) is 0 Å². The predicted octanol–water partition coefficient (Wildman–Crippen LogP) is 0.719. The van der Waals surface area contributed by atoms with E-state index in [2.05, 4.69) is 10.6 Å². The van der Waals surface area contributed by atoms with Gasteiger partial charge in [0.1, 0.15) is 0 Å². The number of carbonyl (C=O) groups is 1. The molecule has 2 atom stereocenters. The summed E-state index contributed by atoms with van der Waals surface area (Å²) < 4.78 is 28.8. The first kappa shape index (κ1) is 20.9. The molecular weight excluding hydrogens is 364 g/mol. The highest BCUT2D eigenvalue weighted by Crippen LogP contribution is 2.23. The summed E-state index contributed by atoms with van der Waals surface area (Å²) in [6.07, 6.45) is 6.83. The summed E-state index contributed by atoms with van der Waals surface area (Å²) in [5.41, 5.74) is 0. The molecule has 3 saturated heterocycles. The topological polar surface area (TPSA) is 81.8 Å². The molecule has 0 spiro atoms. The second kappa shape index (κ2) is 9.50.